The van der Waals surface area contributed by atoms with Gasteiger partial charge in [-0.1, -0.05) is 31.2 Å². The predicted octanol–water partition coefficient (Wildman–Crippen LogP) is 5.11. The van der Waals surface area contributed by atoms with Crippen LogP contribution in [0.25, 0.3) is 0 Å². The third-order valence-electron chi connectivity index (χ3n) is 4.63. The van der Waals surface area contributed by atoms with Crippen LogP contribution in [0.4, 0.5) is 8.78 Å². The molecule has 0 saturated carbocycles. The van der Waals surface area contributed by atoms with E-state index < -0.39 is 10.1 Å². The topological polar surface area (TPSA) is 71.1 Å². The third kappa shape index (κ3) is 8.64. The van der Waals surface area contributed by atoms with Gasteiger partial charge in [-0.3, -0.25) is 4.18 Å². The molecule has 3 aromatic carbocycles. The molecule has 0 aromatic heterocycles. The van der Waals surface area contributed by atoms with Crippen molar-refractivity contribution in [2.75, 3.05) is 19.5 Å². The molecule has 0 heterocycles. The minimum Gasteiger partial charge on any atom is -0.493 e. The number of rotatable bonds is 12. The molecule has 0 saturated heterocycles. The molecule has 0 spiro atoms. The summed E-state index contributed by atoms with van der Waals surface area (Å²) < 4.78 is 71.0. The average molecular weight is 493 g/mol. The van der Waals surface area contributed by atoms with Crippen LogP contribution in [-0.2, 0) is 27.5 Å². The first-order chi connectivity index (χ1) is 16.2. The van der Waals surface area contributed by atoms with Crippen molar-refractivity contribution >= 4 is 10.1 Å². The molecular weight excluding hydrogens is 466 g/mol. The van der Waals surface area contributed by atoms with E-state index in [0.29, 0.717) is 17.2 Å². The van der Waals surface area contributed by atoms with Crippen molar-refractivity contribution in [2.24, 2.45) is 5.92 Å². The first-order valence-corrected chi connectivity index (χ1v) is 12.4. The average Bonchev–Trinajstić information content (AvgIpc) is 2.81. The molecule has 0 fully saturated rings. The summed E-state index contributed by atoms with van der Waals surface area (Å²) in [4.78, 5) is 0. The molecule has 3 rings (SSSR count). The summed E-state index contributed by atoms with van der Waals surface area (Å²) in [5.74, 6) is 0.513. The van der Waals surface area contributed by atoms with Crippen LogP contribution >= 0.6 is 0 Å². The molecule has 0 amide bonds. The highest BCUT2D eigenvalue weighted by Crippen LogP contribution is 2.33. The van der Waals surface area contributed by atoms with Gasteiger partial charge in [0.25, 0.3) is 10.1 Å². The van der Waals surface area contributed by atoms with Crippen molar-refractivity contribution in [2.45, 2.75) is 20.1 Å². The lowest BCUT2D eigenvalue weighted by atomic mass is 10.2. The van der Waals surface area contributed by atoms with Crippen molar-refractivity contribution in [3.05, 3.63) is 89.5 Å². The predicted molar refractivity (Wildman–Crippen MR) is 123 cm³/mol. The minimum atomic E-state index is -3.52. The van der Waals surface area contributed by atoms with E-state index in [1.165, 1.54) is 24.3 Å². The van der Waals surface area contributed by atoms with Crippen molar-refractivity contribution in [3.8, 4) is 17.2 Å². The minimum absolute atomic E-state index is 0.00558. The Labute approximate surface area is 198 Å². The van der Waals surface area contributed by atoms with E-state index in [9.17, 15) is 17.2 Å². The van der Waals surface area contributed by atoms with E-state index in [2.05, 4.69) is 0 Å². The van der Waals surface area contributed by atoms with E-state index in [4.69, 9.17) is 18.4 Å². The Morgan fingerprint density at radius 3 is 1.79 bits per heavy atom. The monoisotopic (exact) mass is 492 g/mol. The zero-order chi connectivity index (χ0) is 24.6. The van der Waals surface area contributed by atoms with Crippen LogP contribution < -0.4 is 14.2 Å². The van der Waals surface area contributed by atoms with E-state index >= 15 is 0 Å². The Balaban J connectivity index is 1.68. The SMILES string of the molecule is CC(COc1ccc(OCc2ccc(F)cc2)c(OCc2ccc(F)cc2)c1)COS(C)(=O)=O. The highest BCUT2D eigenvalue weighted by Gasteiger charge is 2.12. The Kier molecular flexibility index (Phi) is 8.84. The van der Waals surface area contributed by atoms with Crippen molar-refractivity contribution < 1.29 is 35.6 Å². The van der Waals surface area contributed by atoms with Crippen LogP contribution in [0.15, 0.2) is 66.7 Å². The Hall–Kier alpha value is -3.17. The fourth-order valence-corrected chi connectivity index (χ4v) is 3.30. The van der Waals surface area contributed by atoms with Crippen molar-refractivity contribution in [3.63, 3.8) is 0 Å². The van der Waals surface area contributed by atoms with Crippen LogP contribution in [0.2, 0.25) is 0 Å². The maximum Gasteiger partial charge on any atom is 0.264 e. The maximum absolute atomic E-state index is 13.2. The van der Waals surface area contributed by atoms with Crippen LogP contribution in [0.1, 0.15) is 18.1 Å². The van der Waals surface area contributed by atoms with Gasteiger partial charge in [0.05, 0.1) is 19.5 Å². The molecule has 1 atom stereocenters. The van der Waals surface area contributed by atoms with Gasteiger partial charge in [0.2, 0.25) is 0 Å². The lowest BCUT2D eigenvalue weighted by Gasteiger charge is -2.16. The largest absolute Gasteiger partial charge is 0.493 e. The second kappa shape index (κ2) is 11.8. The molecule has 0 N–H and O–H groups in total. The molecule has 34 heavy (non-hydrogen) atoms. The fraction of sp³-hybridized carbons (Fsp3) is 0.280. The third-order valence-corrected chi connectivity index (χ3v) is 5.20. The molecule has 6 nitrogen and oxygen atoms in total. The van der Waals surface area contributed by atoms with E-state index in [0.717, 1.165) is 17.4 Å². The summed E-state index contributed by atoms with van der Waals surface area (Å²) in [6.07, 6.45) is 0.996. The number of ether oxygens (including phenoxy) is 3. The molecule has 182 valence electrons. The van der Waals surface area contributed by atoms with Crippen molar-refractivity contribution in [1.82, 2.24) is 0 Å². The second-order valence-electron chi connectivity index (χ2n) is 7.84. The molecule has 0 aliphatic carbocycles. The standard InChI is InChI=1S/C25H26F2O6S/c1-18(15-33-34(2,28)29)14-30-23-11-12-24(31-16-19-3-7-21(26)8-4-19)25(13-23)32-17-20-5-9-22(27)10-6-20/h3-13,18H,14-17H2,1-2H3. The molecule has 0 bridgehead atoms. The molecule has 9 heteroatoms. The van der Waals surface area contributed by atoms with Gasteiger partial charge in [-0.05, 0) is 47.5 Å². The number of hydrogen-bond acceptors (Lipinski definition) is 6. The van der Waals surface area contributed by atoms with Crippen LogP contribution in [-0.4, -0.2) is 27.9 Å². The van der Waals surface area contributed by atoms with E-state index in [1.54, 1.807) is 49.4 Å². The van der Waals surface area contributed by atoms with Gasteiger partial charge >= 0.3 is 0 Å². The summed E-state index contributed by atoms with van der Waals surface area (Å²) in [6, 6.07) is 17.0. The lowest BCUT2D eigenvalue weighted by Crippen LogP contribution is -2.17. The van der Waals surface area contributed by atoms with Gasteiger partial charge in [-0.2, -0.15) is 8.42 Å². The Morgan fingerprint density at radius 2 is 1.26 bits per heavy atom. The quantitative estimate of drug-likeness (QED) is 0.327. The smallest absolute Gasteiger partial charge is 0.264 e. The van der Waals surface area contributed by atoms with Crippen LogP contribution in [0.5, 0.6) is 17.2 Å². The summed E-state index contributed by atoms with van der Waals surface area (Å²) in [7, 11) is -3.52. The molecule has 1 unspecified atom stereocenters. The number of halogens is 2. The van der Waals surface area contributed by atoms with Crippen molar-refractivity contribution in [1.29, 1.82) is 0 Å². The first kappa shape index (κ1) is 25.5. The number of benzene rings is 3. The lowest BCUT2D eigenvalue weighted by molar-refractivity contribution is 0.191. The second-order valence-corrected chi connectivity index (χ2v) is 9.49. The highest BCUT2D eigenvalue weighted by molar-refractivity contribution is 7.85. The maximum atomic E-state index is 13.2. The molecule has 3 aromatic rings. The first-order valence-electron chi connectivity index (χ1n) is 10.5. The molecule has 0 radical (unpaired) electrons. The van der Waals surface area contributed by atoms with Crippen LogP contribution in [0.3, 0.4) is 0 Å². The molecular formula is C25H26F2O6S. The van der Waals surface area contributed by atoms with Gasteiger partial charge in [-0.25, -0.2) is 8.78 Å². The highest BCUT2D eigenvalue weighted by atomic mass is 32.2. The van der Waals surface area contributed by atoms with Gasteiger partial charge in [0, 0.05) is 12.0 Å². The summed E-state index contributed by atoms with van der Waals surface area (Å²) in [5.41, 5.74) is 1.55. The fourth-order valence-electron chi connectivity index (χ4n) is 2.82. The summed E-state index contributed by atoms with van der Waals surface area (Å²) in [5, 5.41) is 0. The summed E-state index contributed by atoms with van der Waals surface area (Å²) >= 11 is 0. The zero-order valence-electron chi connectivity index (χ0n) is 18.9. The molecule has 0 aliphatic heterocycles. The van der Waals surface area contributed by atoms with Gasteiger partial charge in [-0.15, -0.1) is 0 Å². The zero-order valence-corrected chi connectivity index (χ0v) is 19.7. The van der Waals surface area contributed by atoms with Crippen LogP contribution in [0, 0.1) is 17.6 Å². The molecule has 0 aliphatic rings. The van der Waals surface area contributed by atoms with E-state index in [1.807, 2.05) is 0 Å². The van der Waals surface area contributed by atoms with Gasteiger partial charge < -0.3 is 14.2 Å². The summed E-state index contributed by atoms with van der Waals surface area (Å²) in [6.45, 7) is 2.41. The Morgan fingerprint density at radius 1 is 0.735 bits per heavy atom. The normalized spacial score (nSPS) is 12.2. The van der Waals surface area contributed by atoms with Gasteiger partial charge in [0.1, 0.15) is 30.6 Å². The van der Waals surface area contributed by atoms with E-state index in [-0.39, 0.29) is 44.0 Å². The van der Waals surface area contributed by atoms with Gasteiger partial charge in [0.15, 0.2) is 11.5 Å². The number of hydrogen-bond donors (Lipinski definition) is 0. The Bertz CT molecular complexity index is 1170.